The molecule has 0 saturated heterocycles. The van der Waals surface area contributed by atoms with Crippen LogP contribution in [0, 0.1) is 0 Å². The van der Waals surface area contributed by atoms with Crippen molar-refractivity contribution < 1.29 is 9.53 Å². The lowest BCUT2D eigenvalue weighted by molar-refractivity contribution is -0.146. The second-order valence-electron chi connectivity index (χ2n) is 4.79. The highest BCUT2D eigenvalue weighted by atomic mass is 16.5. The number of carbonyl (C=O) groups excluding carboxylic acids is 1. The summed E-state index contributed by atoms with van der Waals surface area (Å²) in [7, 11) is 1.36. The Hall–Kier alpha value is -2.21. The molecule has 1 heterocycles. The zero-order chi connectivity index (χ0) is 15.4. The first kappa shape index (κ1) is 15.2. The van der Waals surface area contributed by atoms with Crippen molar-refractivity contribution in [1.82, 2.24) is 14.9 Å². The van der Waals surface area contributed by atoms with Crippen LogP contribution < -0.4 is 5.56 Å². The van der Waals surface area contributed by atoms with Gasteiger partial charge in [-0.05, 0) is 25.6 Å². The van der Waals surface area contributed by atoms with E-state index in [2.05, 4.69) is 9.97 Å². The quantitative estimate of drug-likeness (QED) is 0.840. The first-order chi connectivity index (χ1) is 10.1. The molecule has 2 aromatic rings. The first-order valence-corrected chi connectivity index (χ1v) is 6.86. The van der Waals surface area contributed by atoms with Crippen LogP contribution in [0.1, 0.15) is 19.7 Å². The number of nitrogens with zero attached hydrogens (tertiary/aromatic N) is 2. The zero-order valence-electron chi connectivity index (χ0n) is 12.4. The van der Waals surface area contributed by atoms with Gasteiger partial charge in [-0.25, -0.2) is 4.98 Å². The van der Waals surface area contributed by atoms with E-state index in [4.69, 9.17) is 4.74 Å². The smallest absolute Gasteiger partial charge is 0.322 e. The van der Waals surface area contributed by atoms with E-state index in [0.717, 1.165) is 0 Å². The van der Waals surface area contributed by atoms with Crippen LogP contribution in [0.15, 0.2) is 29.1 Å². The summed E-state index contributed by atoms with van der Waals surface area (Å²) in [5.41, 5.74) is 0.482. The third kappa shape index (κ3) is 3.28. The molecule has 0 aliphatic carbocycles. The molecule has 0 fully saturated rings. The molecule has 0 spiro atoms. The molecule has 1 atom stereocenters. The molecule has 0 aliphatic rings. The topological polar surface area (TPSA) is 75.3 Å². The summed E-state index contributed by atoms with van der Waals surface area (Å²) in [5, 5.41) is 0.560. The normalized spacial score (nSPS) is 12.6. The van der Waals surface area contributed by atoms with Crippen molar-refractivity contribution in [2.24, 2.45) is 0 Å². The maximum absolute atomic E-state index is 12.0. The summed E-state index contributed by atoms with van der Waals surface area (Å²) < 4.78 is 4.75. The zero-order valence-corrected chi connectivity index (χ0v) is 12.4. The van der Waals surface area contributed by atoms with E-state index in [1.807, 2.05) is 17.9 Å². The molecule has 112 valence electrons. The van der Waals surface area contributed by atoms with Crippen molar-refractivity contribution in [2.75, 3.05) is 13.7 Å². The molecule has 6 nitrogen and oxygen atoms in total. The Kier molecular flexibility index (Phi) is 4.70. The number of para-hydroxylation sites is 1. The van der Waals surface area contributed by atoms with E-state index in [9.17, 15) is 9.59 Å². The minimum Gasteiger partial charge on any atom is -0.468 e. The number of hydrogen-bond donors (Lipinski definition) is 1. The van der Waals surface area contributed by atoms with Gasteiger partial charge in [-0.2, -0.15) is 0 Å². The Balaban J connectivity index is 2.30. The van der Waals surface area contributed by atoms with Gasteiger partial charge in [-0.1, -0.05) is 19.1 Å². The fourth-order valence-corrected chi connectivity index (χ4v) is 2.24. The van der Waals surface area contributed by atoms with Crippen LogP contribution in [0.4, 0.5) is 0 Å². The molecule has 6 heteroatoms. The number of benzene rings is 1. The molecular weight excluding hydrogens is 270 g/mol. The second-order valence-corrected chi connectivity index (χ2v) is 4.79. The number of methoxy groups -OCH3 is 1. The highest BCUT2D eigenvalue weighted by Gasteiger charge is 2.21. The molecule has 1 N–H and O–H groups in total. The van der Waals surface area contributed by atoms with Gasteiger partial charge >= 0.3 is 5.97 Å². The maximum Gasteiger partial charge on any atom is 0.322 e. The van der Waals surface area contributed by atoms with Gasteiger partial charge in [0.1, 0.15) is 11.9 Å². The van der Waals surface area contributed by atoms with E-state index >= 15 is 0 Å². The molecule has 2 rings (SSSR count). The number of esters is 1. The van der Waals surface area contributed by atoms with E-state index in [-0.39, 0.29) is 11.5 Å². The van der Waals surface area contributed by atoms with Crippen LogP contribution in [0.3, 0.4) is 0 Å². The minimum atomic E-state index is -0.392. The van der Waals surface area contributed by atoms with Crippen LogP contribution >= 0.6 is 0 Å². The lowest BCUT2D eigenvalue weighted by atomic mass is 10.2. The van der Waals surface area contributed by atoms with Crippen molar-refractivity contribution in [1.29, 1.82) is 0 Å². The largest absolute Gasteiger partial charge is 0.468 e. The highest BCUT2D eigenvalue weighted by molar-refractivity contribution is 5.77. The van der Waals surface area contributed by atoms with Gasteiger partial charge < -0.3 is 9.72 Å². The van der Waals surface area contributed by atoms with Crippen LogP contribution in [0.2, 0.25) is 0 Å². The van der Waals surface area contributed by atoms with Crippen molar-refractivity contribution in [3.63, 3.8) is 0 Å². The van der Waals surface area contributed by atoms with Crippen molar-refractivity contribution in [3.8, 4) is 0 Å². The van der Waals surface area contributed by atoms with Crippen LogP contribution in [-0.4, -0.2) is 40.5 Å². The Labute approximate surface area is 122 Å². The number of carbonyl (C=O) groups is 1. The van der Waals surface area contributed by atoms with Gasteiger partial charge in [0.15, 0.2) is 0 Å². The van der Waals surface area contributed by atoms with Gasteiger partial charge in [0.25, 0.3) is 5.56 Å². The summed E-state index contributed by atoms with van der Waals surface area (Å²) in [4.78, 5) is 32.7. The molecule has 0 aliphatic heterocycles. The van der Waals surface area contributed by atoms with Gasteiger partial charge in [-0.15, -0.1) is 0 Å². The van der Waals surface area contributed by atoms with Crippen molar-refractivity contribution in [2.45, 2.75) is 26.4 Å². The summed E-state index contributed by atoms with van der Waals surface area (Å²) in [6.45, 7) is 4.74. The maximum atomic E-state index is 12.0. The number of H-pyrrole nitrogens is 1. The summed E-state index contributed by atoms with van der Waals surface area (Å²) in [5.74, 6) is 0.233. The number of ether oxygens (including phenoxy) is 1. The molecule has 21 heavy (non-hydrogen) atoms. The minimum absolute atomic E-state index is 0.169. The second kappa shape index (κ2) is 6.49. The number of likely N-dealkylation sites (N-methyl/N-ethyl adjacent to an activating group) is 1. The standard InChI is InChI=1S/C15H19N3O3/c1-4-18(10(2)15(20)21-3)9-13-16-12-8-6-5-7-11(12)14(19)17-13/h5-8,10H,4,9H2,1-3H3,(H,16,17,19). The first-order valence-electron chi connectivity index (χ1n) is 6.86. The Bertz CT molecular complexity index is 696. The van der Waals surface area contributed by atoms with Crippen molar-refractivity contribution in [3.05, 3.63) is 40.4 Å². The number of nitrogens with one attached hydrogen (secondary N) is 1. The summed E-state index contributed by atoms with van der Waals surface area (Å²) >= 11 is 0. The molecule has 0 amide bonds. The van der Waals surface area contributed by atoms with E-state index in [1.165, 1.54) is 7.11 Å². The number of aromatic nitrogens is 2. The molecule has 1 unspecified atom stereocenters. The van der Waals surface area contributed by atoms with E-state index < -0.39 is 6.04 Å². The molecule has 1 aromatic carbocycles. The van der Waals surface area contributed by atoms with E-state index in [1.54, 1.807) is 25.1 Å². The van der Waals surface area contributed by atoms with Gasteiger partial charge in [0.05, 0.1) is 24.6 Å². The van der Waals surface area contributed by atoms with Crippen LogP contribution in [-0.2, 0) is 16.1 Å². The third-order valence-corrected chi connectivity index (χ3v) is 3.51. The Morgan fingerprint density at radius 1 is 1.43 bits per heavy atom. The number of fused-ring (bicyclic) bond motifs is 1. The average Bonchev–Trinajstić information content (AvgIpc) is 2.51. The molecule has 1 aromatic heterocycles. The predicted molar refractivity (Wildman–Crippen MR) is 79.9 cm³/mol. The molecular formula is C15H19N3O3. The number of rotatable bonds is 5. The van der Waals surface area contributed by atoms with Crippen LogP contribution in [0.25, 0.3) is 10.9 Å². The summed E-state index contributed by atoms with van der Waals surface area (Å²) in [6, 6.07) is 6.79. The third-order valence-electron chi connectivity index (χ3n) is 3.51. The average molecular weight is 289 g/mol. The molecule has 0 radical (unpaired) electrons. The fraction of sp³-hybridized carbons (Fsp3) is 0.400. The van der Waals surface area contributed by atoms with Crippen LogP contribution in [0.5, 0.6) is 0 Å². The monoisotopic (exact) mass is 289 g/mol. The highest BCUT2D eigenvalue weighted by Crippen LogP contribution is 2.09. The number of hydrogen-bond acceptors (Lipinski definition) is 5. The van der Waals surface area contributed by atoms with Crippen molar-refractivity contribution >= 4 is 16.9 Å². The van der Waals surface area contributed by atoms with Gasteiger partial charge in [0.2, 0.25) is 0 Å². The molecule has 0 bridgehead atoms. The van der Waals surface area contributed by atoms with Gasteiger partial charge in [0, 0.05) is 0 Å². The molecule has 0 saturated carbocycles. The SMILES string of the molecule is CCN(Cc1nc2ccccc2c(=O)[nH]1)C(C)C(=O)OC. The predicted octanol–water partition coefficient (Wildman–Crippen LogP) is 1.31. The Morgan fingerprint density at radius 2 is 2.14 bits per heavy atom. The number of aromatic amines is 1. The van der Waals surface area contributed by atoms with E-state index in [0.29, 0.717) is 29.8 Å². The van der Waals surface area contributed by atoms with Gasteiger partial charge in [-0.3, -0.25) is 14.5 Å². The lowest BCUT2D eigenvalue weighted by Crippen LogP contribution is -2.39. The summed E-state index contributed by atoms with van der Waals surface area (Å²) in [6.07, 6.45) is 0. The fourth-order valence-electron chi connectivity index (χ4n) is 2.24. The lowest BCUT2D eigenvalue weighted by Gasteiger charge is -2.25. The Morgan fingerprint density at radius 3 is 2.81 bits per heavy atom.